The molecule has 0 amide bonds. The maximum absolute atomic E-state index is 13.0. The van der Waals surface area contributed by atoms with E-state index in [-0.39, 0.29) is 11.4 Å². The average molecular weight is 328 g/mol. The summed E-state index contributed by atoms with van der Waals surface area (Å²) in [6.45, 7) is 5.09. The molecular formula is C21H29FN2. The molecule has 0 atom stereocenters. The fraction of sp³-hybridized carbons (Fsp3) is 0.429. The summed E-state index contributed by atoms with van der Waals surface area (Å²) in [4.78, 5) is 2.16. The number of nitrogens with two attached hydrogens (primary N) is 1. The van der Waals surface area contributed by atoms with Gasteiger partial charge in [-0.2, -0.15) is 0 Å². The fourth-order valence-electron chi connectivity index (χ4n) is 2.68. The standard InChI is InChI=1S/C21H29FN2/c1-21(2,23)15-14-18-8-6-17(7-9-18)5-4-16-24(3)20-12-10-19(22)11-13-20/h6-13H,4-5,14-16,23H2,1-3H3. The van der Waals surface area contributed by atoms with E-state index in [1.165, 1.54) is 23.3 Å². The van der Waals surface area contributed by atoms with E-state index < -0.39 is 0 Å². The molecular weight excluding hydrogens is 299 g/mol. The van der Waals surface area contributed by atoms with Crippen LogP contribution >= 0.6 is 0 Å². The highest BCUT2D eigenvalue weighted by Gasteiger charge is 2.10. The number of anilines is 1. The summed E-state index contributed by atoms with van der Waals surface area (Å²) >= 11 is 0. The normalized spacial score (nSPS) is 11.5. The quantitative estimate of drug-likeness (QED) is 0.769. The van der Waals surface area contributed by atoms with Gasteiger partial charge >= 0.3 is 0 Å². The van der Waals surface area contributed by atoms with Crippen molar-refractivity contribution in [3.63, 3.8) is 0 Å². The van der Waals surface area contributed by atoms with E-state index >= 15 is 0 Å². The lowest BCUT2D eigenvalue weighted by atomic mass is 9.96. The van der Waals surface area contributed by atoms with Crippen molar-refractivity contribution in [2.24, 2.45) is 5.73 Å². The van der Waals surface area contributed by atoms with Crippen LogP contribution in [0.4, 0.5) is 10.1 Å². The fourth-order valence-corrected chi connectivity index (χ4v) is 2.68. The van der Waals surface area contributed by atoms with Crippen molar-refractivity contribution in [1.82, 2.24) is 0 Å². The zero-order valence-corrected chi connectivity index (χ0v) is 15.1. The van der Waals surface area contributed by atoms with E-state index in [2.05, 4.69) is 43.0 Å². The van der Waals surface area contributed by atoms with E-state index in [0.717, 1.165) is 37.9 Å². The van der Waals surface area contributed by atoms with Crippen molar-refractivity contribution in [2.45, 2.75) is 45.1 Å². The van der Waals surface area contributed by atoms with Crippen LogP contribution in [-0.4, -0.2) is 19.1 Å². The van der Waals surface area contributed by atoms with Gasteiger partial charge in [-0.05, 0) is 74.9 Å². The number of hydrogen-bond donors (Lipinski definition) is 1. The zero-order valence-electron chi connectivity index (χ0n) is 15.1. The predicted molar refractivity (Wildman–Crippen MR) is 101 cm³/mol. The van der Waals surface area contributed by atoms with Crippen LogP contribution < -0.4 is 10.6 Å². The van der Waals surface area contributed by atoms with Gasteiger partial charge in [0.15, 0.2) is 0 Å². The monoisotopic (exact) mass is 328 g/mol. The number of rotatable bonds is 8. The summed E-state index contributed by atoms with van der Waals surface area (Å²) in [5, 5.41) is 0. The molecule has 2 aromatic rings. The van der Waals surface area contributed by atoms with Crippen molar-refractivity contribution >= 4 is 5.69 Å². The molecule has 0 saturated carbocycles. The highest BCUT2D eigenvalue weighted by molar-refractivity contribution is 5.45. The lowest BCUT2D eigenvalue weighted by Crippen LogP contribution is -2.32. The maximum Gasteiger partial charge on any atom is 0.123 e. The van der Waals surface area contributed by atoms with Crippen molar-refractivity contribution in [1.29, 1.82) is 0 Å². The summed E-state index contributed by atoms with van der Waals surface area (Å²) in [5.41, 5.74) is 9.69. The molecule has 0 fully saturated rings. The molecule has 0 bridgehead atoms. The molecule has 0 aliphatic heterocycles. The SMILES string of the molecule is CN(CCCc1ccc(CCC(C)(C)N)cc1)c1ccc(F)cc1. The van der Waals surface area contributed by atoms with Crippen LogP contribution in [0.25, 0.3) is 0 Å². The van der Waals surface area contributed by atoms with E-state index in [4.69, 9.17) is 5.73 Å². The van der Waals surface area contributed by atoms with Gasteiger partial charge in [-0.15, -0.1) is 0 Å². The Hall–Kier alpha value is -1.87. The molecule has 0 aliphatic rings. The van der Waals surface area contributed by atoms with Crippen LogP contribution in [0, 0.1) is 5.82 Å². The third-order valence-electron chi connectivity index (χ3n) is 4.31. The van der Waals surface area contributed by atoms with E-state index in [1.54, 1.807) is 0 Å². The second kappa shape index (κ2) is 8.29. The minimum atomic E-state index is -0.190. The number of nitrogens with zero attached hydrogens (tertiary/aromatic N) is 1. The Kier molecular flexibility index (Phi) is 6.38. The Morgan fingerprint density at radius 3 is 2.00 bits per heavy atom. The molecule has 0 spiro atoms. The highest BCUT2D eigenvalue weighted by atomic mass is 19.1. The molecule has 0 unspecified atom stereocenters. The minimum absolute atomic E-state index is 0.108. The molecule has 2 aromatic carbocycles. The number of hydrogen-bond acceptors (Lipinski definition) is 2. The number of halogens is 1. The van der Waals surface area contributed by atoms with Crippen molar-refractivity contribution < 1.29 is 4.39 Å². The van der Waals surface area contributed by atoms with Crippen LogP contribution in [0.2, 0.25) is 0 Å². The Morgan fingerprint density at radius 1 is 0.917 bits per heavy atom. The van der Waals surface area contributed by atoms with Crippen molar-refractivity contribution in [3.8, 4) is 0 Å². The molecule has 0 radical (unpaired) electrons. The minimum Gasteiger partial charge on any atom is -0.375 e. The maximum atomic E-state index is 13.0. The predicted octanol–water partition coefficient (Wildman–Crippen LogP) is 4.56. The van der Waals surface area contributed by atoms with E-state index in [1.807, 2.05) is 19.2 Å². The van der Waals surface area contributed by atoms with Gasteiger partial charge in [-0.3, -0.25) is 0 Å². The first-order chi connectivity index (χ1) is 11.3. The number of benzene rings is 2. The molecule has 2 N–H and O–H groups in total. The lowest BCUT2D eigenvalue weighted by Gasteiger charge is -2.19. The van der Waals surface area contributed by atoms with Crippen LogP contribution in [0.15, 0.2) is 48.5 Å². The first-order valence-electron chi connectivity index (χ1n) is 8.67. The second-order valence-corrected chi connectivity index (χ2v) is 7.31. The molecule has 0 heterocycles. The van der Waals surface area contributed by atoms with Gasteiger partial charge in [-0.1, -0.05) is 24.3 Å². The first kappa shape index (κ1) is 18.5. The Bertz CT molecular complexity index is 612. The molecule has 2 nitrogen and oxygen atoms in total. The largest absolute Gasteiger partial charge is 0.375 e. The Labute approximate surface area is 145 Å². The second-order valence-electron chi connectivity index (χ2n) is 7.31. The molecule has 130 valence electrons. The number of aryl methyl sites for hydroxylation is 2. The topological polar surface area (TPSA) is 29.3 Å². The van der Waals surface area contributed by atoms with E-state index in [0.29, 0.717) is 0 Å². The molecule has 0 saturated heterocycles. The van der Waals surface area contributed by atoms with Crippen molar-refractivity contribution in [3.05, 3.63) is 65.5 Å². The van der Waals surface area contributed by atoms with Gasteiger partial charge in [0.05, 0.1) is 0 Å². The van der Waals surface area contributed by atoms with Crippen molar-refractivity contribution in [2.75, 3.05) is 18.5 Å². The van der Waals surface area contributed by atoms with Crippen LogP contribution in [0.5, 0.6) is 0 Å². The summed E-state index contributed by atoms with van der Waals surface area (Å²) in [5.74, 6) is -0.190. The summed E-state index contributed by atoms with van der Waals surface area (Å²) < 4.78 is 13.0. The highest BCUT2D eigenvalue weighted by Crippen LogP contribution is 2.15. The van der Waals surface area contributed by atoms with Gasteiger partial charge < -0.3 is 10.6 Å². The van der Waals surface area contributed by atoms with Crippen LogP contribution in [-0.2, 0) is 12.8 Å². The van der Waals surface area contributed by atoms with Gasteiger partial charge in [-0.25, -0.2) is 4.39 Å². The zero-order chi connectivity index (χ0) is 17.6. The molecule has 2 rings (SSSR count). The first-order valence-corrected chi connectivity index (χ1v) is 8.67. The Morgan fingerprint density at radius 2 is 1.46 bits per heavy atom. The average Bonchev–Trinajstić information content (AvgIpc) is 2.54. The summed E-state index contributed by atoms with van der Waals surface area (Å²) in [7, 11) is 2.05. The molecule has 0 aliphatic carbocycles. The van der Waals surface area contributed by atoms with Gasteiger partial charge in [0, 0.05) is 24.8 Å². The summed E-state index contributed by atoms with van der Waals surface area (Å²) in [6, 6.07) is 15.5. The molecule has 24 heavy (non-hydrogen) atoms. The smallest absolute Gasteiger partial charge is 0.123 e. The third kappa shape index (κ3) is 6.32. The van der Waals surface area contributed by atoms with Gasteiger partial charge in [0.1, 0.15) is 5.82 Å². The van der Waals surface area contributed by atoms with Crippen LogP contribution in [0.3, 0.4) is 0 Å². The molecule has 0 aromatic heterocycles. The third-order valence-corrected chi connectivity index (χ3v) is 4.31. The Balaban J connectivity index is 1.77. The van der Waals surface area contributed by atoms with Gasteiger partial charge in [0.2, 0.25) is 0 Å². The van der Waals surface area contributed by atoms with Crippen LogP contribution in [0.1, 0.15) is 37.8 Å². The van der Waals surface area contributed by atoms with Gasteiger partial charge in [0.25, 0.3) is 0 Å². The molecule has 3 heteroatoms. The summed E-state index contributed by atoms with van der Waals surface area (Å²) in [6.07, 6.45) is 4.14. The van der Waals surface area contributed by atoms with E-state index in [9.17, 15) is 4.39 Å². The lowest BCUT2D eigenvalue weighted by molar-refractivity contribution is 0.477.